The van der Waals surface area contributed by atoms with E-state index in [1.165, 1.54) is 70.0 Å². The molecule has 5 rings (SSSR count). The molecule has 4 bridgehead atoms. The van der Waals surface area contributed by atoms with E-state index in [4.69, 9.17) is 10.8 Å². The highest BCUT2D eigenvalue weighted by Crippen LogP contribution is 2.60. The molecule has 106 valence electrons. The second-order valence-electron chi connectivity index (χ2n) is 7.76. The van der Waals surface area contributed by atoms with Crippen LogP contribution in [0.15, 0.2) is 4.99 Å². The number of hydrogen-bond donors (Lipinski definition) is 2. The summed E-state index contributed by atoms with van der Waals surface area (Å²) in [6, 6.07) is 0.555. The van der Waals surface area contributed by atoms with Gasteiger partial charge in [0.2, 0.25) is 0 Å². The molecule has 3 nitrogen and oxygen atoms in total. The Hall–Kier alpha value is -0.570. The van der Waals surface area contributed by atoms with Gasteiger partial charge < -0.3 is 5.43 Å². The first-order valence-corrected chi connectivity index (χ1v) is 8.32. The fourth-order valence-corrected chi connectivity index (χ4v) is 5.94. The van der Waals surface area contributed by atoms with Crippen molar-refractivity contribution in [2.24, 2.45) is 34.0 Å². The first kappa shape index (κ1) is 12.2. The van der Waals surface area contributed by atoms with Crippen molar-refractivity contribution >= 4 is 5.84 Å². The van der Waals surface area contributed by atoms with Gasteiger partial charge in [0.1, 0.15) is 5.84 Å². The van der Waals surface area contributed by atoms with E-state index in [0.29, 0.717) is 11.5 Å². The average molecular weight is 261 g/mol. The molecule has 0 amide bonds. The summed E-state index contributed by atoms with van der Waals surface area (Å²) in [6.45, 7) is 0. The van der Waals surface area contributed by atoms with E-state index in [2.05, 4.69) is 5.43 Å². The second kappa shape index (κ2) is 4.47. The molecule has 0 aromatic heterocycles. The topological polar surface area (TPSA) is 50.4 Å². The Balaban J connectivity index is 1.61. The van der Waals surface area contributed by atoms with Crippen molar-refractivity contribution in [1.82, 2.24) is 5.43 Å². The summed E-state index contributed by atoms with van der Waals surface area (Å²) in [5, 5.41) is 0. The smallest absolute Gasteiger partial charge is 0.117 e. The normalized spacial score (nSPS) is 45.9. The molecule has 5 saturated carbocycles. The van der Waals surface area contributed by atoms with Crippen LogP contribution in [0.3, 0.4) is 0 Å². The van der Waals surface area contributed by atoms with Crippen molar-refractivity contribution in [2.75, 3.05) is 0 Å². The van der Waals surface area contributed by atoms with Crippen LogP contribution in [0.25, 0.3) is 0 Å². The number of nitrogens with two attached hydrogens (primary N) is 1. The molecule has 0 atom stereocenters. The monoisotopic (exact) mass is 261 g/mol. The zero-order valence-electron chi connectivity index (χ0n) is 11.9. The average Bonchev–Trinajstić information content (AvgIpc) is 2.87. The van der Waals surface area contributed by atoms with Crippen LogP contribution < -0.4 is 11.3 Å². The number of hydrazine groups is 1. The van der Waals surface area contributed by atoms with E-state index in [1.807, 2.05) is 0 Å². The molecule has 0 radical (unpaired) electrons. The van der Waals surface area contributed by atoms with E-state index in [0.717, 1.165) is 17.8 Å². The lowest BCUT2D eigenvalue weighted by Crippen LogP contribution is -2.55. The minimum absolute atomic E-state index is 0.339. The summed E-state index contributed by atoms with van der Waals surface area (Å²) in [7, 11) is 0. The van der Waals surface area contributed by atoms with Crippen molar-refractivity contribution < 1.29 is 0 Å². The minimum Gasteiger partial charge on any atom is -0.312 e. The third-order valence-corrected chi connectivity index (χ3v) is 6.31. The molecule has 19 heavy (non-hydrogen) atoms. The third kappa shape index (κ3) is 2.01. The predicted molar refractivity (Wildman–Crippen MR) is 77.6 cm³/mol. The Bertz CT molecular complexity index is 346. The maximum Gasteiger partial charge on any atom is 0.117 e. The van der Waals surface area contributed by atoms with E-state index in [1.54, 1.807) is 0 Å². The van der Waals surface area contributed by atoms with Crippen molar-refractivity contribution in [2.45, 2.75) is 70.3 Å². The van der Waals surface area contributed by atoms with Gasteiger partial charge in [-0.2, -0.15) is 0 Å². The molecule has 5 fully saturated rings. The molecule has 0 spiro atoms. The highest BCUT2D eigenvalue weighted by molar-refractivity contribution is 5.88. The standard InChI is InChI=1S/C16H27N3/c17-19-15(18-14-3-1-2-4-14)16-8-11-5-12(9-16)7-13(6-11)10-16/h11-14H,1-10,17H2,(H,18,19). The molecule has 5 aliphatic carbocycles. The lowest BCUT2D eigenvalue weighted by molar-refractivity contribution is -0.0143. The summed E-state index contributed by atoms with van der Waals surface area (Å²) in [4.78, 5) is 5.06. The van der Waals surface area contributed by atoms with Gasteiger partial charge in [-0.3, -0.25) is 4.99 Å². The number of rotatable bonds is 2. The zero-order chi connectivity index (χ0) is 12.9. The van der Waals surface area contributed by atoms with Gasteiger partial charge in [0.05, 0.1) is 6.04 Å². The van der Waals surface area contributed by atoms with Gasteiger partial charge >= 0.3 is 0 Å². The first-order valence-electron chi connectivity index (χ1n) is 8.32. The van der Waals surface area contributed by atoms with E-state index in [9.17, 15) is 0 Å². The Morgan fingerprint density at radius 1 is 0.947 bits per heavy atom. The van der Waals surface area contributed by atoms with Crippen LogP contribution in [0.5, 0.6) is 0 Å². The van der Waals surface area contributed by atoms with Gasteiger partial charge in [-0.1, -0.05) is 12.8 Å². The molecule has 0 unspecified atom stereocenters. The Labute approximate surface area is 116 Å². The summed E-state index contributed by atoms with van der Waals surface area (Å²) >= 11 is 0. The number of aliphatic imine (C=N–C) groups is 1. The molecule has 0 heterocycles. The number of nitrogens with zero attached hydrogens (tertiary/aromatic N) is 1. The third-order valence-electron chi connectivity index (χ3n) is 6.31. The van der Waals surface area contributed by atoms with E-state index in [-0.39, 0.29) is 0 Å². The molecular formula is C16H27N3. The fraction of sp³-hybridized carbons (Fsp3) is 0.938. The molecule has 3 heteroatoms. The SMILES string of the molecule is NNC(=NC1CCCC1)C12CC3CC(CC(C3)C1)C2. The van der Waals surface area contributed by atoms with Crippen LogP contribution in [0.1, 0.15) is 64.2 Å². The predicted octanol–water partition coefficient (Wildman–Crippen LogP) is 3.01. The molecule has 0 aliphatic heterocycles. The van der Waals surface area contributed by atoms with Gasteiger partial charge in [-0.05, 0) is 69.1 Å². The van der Waals surface area contributed by atoms with Crippen LogP contribution in [0.2, 0.25) is 0 Å². The van der Waals surface area contributed by atoms with Crippen LogP contribution in [-0.4, -0.2) is 11.9 Å². The van der Waals surface area contributed by atoms with Crippen LogP contribution in [0.4, 0.5) is 0 Å². The number of amidine groups is 1. The van der Waals surface area contributed by atoms with Crippen LogP contribution in [-0.2, 0) is 0 Å². The van der Waals surface area contributed by atoms with E-state index >= 15 is 0 Å². The zero-order valence-corrected chi connectivity index (χ0v) is 11.9. The lowest BCUT2D eigenvalue weighted by Gasteiger charge is -2.56. The van der Waals surface area contributed by atoms with Gasteiger partial charge in [-0.25, -0.2) is 5.84 Å². The second-order valence-corrected chi connectivity index (χ2v) is 7.76. The van der Waals surface area contributed by atoms with Gasteiger partial charge in [0.15, 0.2) is 0 Å². The van der Waals surface area contributed by atoms with Crippen molar-refractivity contribution in [3.63, 3.8) is 0 Å². The summed E-state index contributed by atoms with van der Waals surface area (Å²) in [5.41, 5.74) is 3.38. The fourth-order valence-electron chi connectivity index (χ4n) is 5.94. The molecule has 0 aromatic rings. The van der Waals surface area contributed by atoms with Gasteiger partial charge in [-0.15, -0.1) is 0 Å². The molecule has 0 aromatic carbocycles. The summed E-state index contributed by atoms with van der Waals surface area (Å²) in [6.07, 6.45) is 13.8. The Morgan fingerprint density at radius 2 is 1.47 bits per heavy atom. The Kier molecular flexibility index (Phi) is 2.87. The number of hydrogen-bond acceptors (Lipinski definition) is 2. The largest absolute Gasteiger partial charge is 0.312 e. The van der Waals surface area contributed by atoms with Gasteiger partial charge in [0.25, 0.3) is 0 Å². The number of nitrogens with one attached hydrogen (secondary N) is 1. The summed E-state index contributed by atoms with van der Waals surface area (Å²) in [5.74, 6) is 9.97. The molecular weight excluding hydrogens is 234 g/mol. The maximum atomic E-state index is 5.89. The Morgan fingerprint density at radius 3 is 1.95 bits per heavy atom. The maximum absolute atomic E-state index is 5.89. The first-order chi connectivity index (χ1) is 9.27. The lowest BCUT2D eigenvalue weighted by atomic mass is 9.49. The van der Waals surface area contributed by atoms with Crippen molar-refractivity contribution in [3.8, 4) is 0 Å². The van der Waals surface area contributed by atoms with Crippen molar-refractivity contribution in [3.05, 3.63) is 0 Å². The molecule has 5 aliphatic rings. The highest BCUT2D eigenvalue weighted by Gasteiger charge is 2.53. The van der Waals surface area contributed by atoms with Crippen molar-refractivity contribution in [1.29, 1.82) is 0 Å². The van der Waals surface area contributed by atoms with Crippen LogP contribution >= 0.6 is 0 Å². The molecule has 0 saturated heterocycles. The molecule has 3 N–H and O–H groups in total. The van der Waals surface area contributed by atoms with Gasteiger partial charge in [0, 0.05) is 5.41 Å². The summed E-state index contributed by atoms with van der Waals surface area (Å²) < 4.78 is 0. The highest BCUT2D eigenvalue weighted by atomic mass is 15.3. The van der Waals surface area contributed by atoms with Crippen LogP contribution in [0, 0.1) is 23.2 Å². The minimum atomic E-state index is 0.339. The quantitative estimate of drug-likeness (QED) is 0.347. The van der Waals surface area contributed by atoms with E-state index < -0.39 is 0 Å².